The first kappa shape index (κ1) is 28.2. The highest BCUT2D eigenvalue weighted by Gasteiger charge is 1.89. The van der Waals surface area contributed by atoms with Gasteiger partial charge in [0.15, 0.2) is 0 Å². The molecular formula is C19H40N4O2. The Kier molecular flexibility index (Phi) is 30.6. The molecular weight excluding hydrogens is 316 g/mol. The molecule has 8 N–H and O–H groups in total. The highest BCUT2D eigenvalue weighted by atomic mass is 16.1. The van der Waals surface area contributed by atoms with Crippen molar-refractivity contribution in [2.24, 2.45) is 22.9 Å². The fourth-order valence-electron chi connectivity index (χ4n) is 1.64. The fourth-order valence-corrected chi connectivity index (χ4v) is 1.64. The van der Waals surface area contributed by atoms with Crippen molar-refractivity contribution in [2.75, 3.05) is 13.1 Å². The molecule has 2 amide bonds. The second-order valence-corrected chi connectivity index (χ2v) is 5.48. The number of unbranched alkanes of at least 4 members (excludes halogenated alkanes) is 6. The van der Waals surface area contributed by atoms with Crippen LogP contribution in [-0.4, -0.2) is 24.9 Å². The van der Waals surface area contributed by atoms with Gasteiger partial charge in [0.2, 0.25) is 11.8 Å². The lowest BCUT2D eigenvalue weighted by Crippen LogP contribution is -2.04. The van der Waals surface area contributed by atoms with Crippen molar-refractivity contribution in [3.05, 3.63) is 24.3 Å². The lowest BCUT2D eigenvalue weighted by atomic mass is 10.1. The van der Waals surface area contributed by atoms with E-state index >= 15 is 0 Å². The van der Waals surface area contributed by atoms with Crippen molar-refractivity contribution < 1.29 is 9.59 Å². The van der Waals surface area contributed by atoms with Gasteiger partial charge >= 0.3 is 0 Å². The van der Waals surface area contributed by atoms with E-state index in [4.69, 9.17) is 22.9 Å². The molecule has 0 heterocycles. The summed E-state index contributed by atoms with van der Waals surface area (Å²) in [4.78, 5) is 19.8. The van der Waals surface area contributed by atoms with Gasteiger partial charge in [0.05, 0.1) is 0 Å². The number of hydrogen-bond acceptors (Lipinski definition) is 4. The van der Waals surface area contributed by atoms with Gasteiger partial charge in [0.1, 0.15) is 0 Å². The van der Waals surface area contributed by atoms with Crippen molar-refractivity contribution in [3.63, 3.8) is 0 Å². The van der Waals surface area contributed by atoms with Crippen LogP contribution in [0.1, 0.15) is 71.6 Å². The summed E-state index contributed by atoms with van der Waals surface area (Å²) in [5.74, 6) is -0.747. The van der Waals surface area contributed by atoms with Crippen molar-refractivity contribution in [1.29, 1.82) is 0 Å². The molecule has 0 aliphatic heterocycles. The monoisotopic (exact) mass is 356 g/mol. The molecule has 148 valence electrons. The van der Waals surface area contributed by atoms with Crippen LogP contribution in [0.25, 0.3) is 0 Å². The minimum Gasteiger partial charge on any atom is -0.366 e. The Morgan fingerprint density at radius 3 is 1.08 bits per heavy atom. The lowest BCUT2D eigenvalue weighted by Gasteiger charge is -1.99. The summed E-state index contributed by atoms with van der Waals surface area (Å²) in [6.07, 6.45) is 17.0. The Morgan fingerprint density at radius 1 is 0.640 bits per heavy atom. The summed E-state index contributed by atoms with van der Waals surface area (Å²) < 4.78 is 0. The van der Waals surface area contributed by atoms with Crippen LogP contribution in [0.4, 0.5) is 0 Å². The van der Waals surface area contributed by atoms with E-state index in [0.29, 0.717) is 0 Å². The van der Waals surface area contributed by atoms with Gasteiger partial charge in [-0.2, -0.15) is 0 Å². The third kappa shape index (κ3) is 44.9. The zero-order valence-corrected chi connectivity index (χ0v) is 16.2. The van der Waals surface area contributed by atoms with E-state index in [9.17, 15) is 9.59 Å². The van der Waals surface area contributed by atoms with E-state index in [1.807, 2.05) is 13.8 Å². The first-order chi connectivity index (χ1) is 12.0. The summed E-state index contributed by atoms with van der Waals surface area (Å²) in [6.45, 7) is 5.59. The molecule has 0 saturated heterocycles. The maximum Gasteiger partial charge on any atom is 0.241 e. The molecule has 6 nitrogen and oxygen atoms in total. The summed E-state index contributed by atoms with van der Waals surface area (Å²) in [6, 6.07) is 0. The molecule has 25 heavy (non-hydrogen) atoms. The van der Waals surface area contributed by atoms with Crippen LogP contribution in [0.5, 0.6) is 0 Å². The molecule has 0 fully saturated rings. The topological polar surface area (TPSA) is 138 Å². The summed E-state index contributed by atoms with van der Waals surface area (Å²) >= 11 is 0. The number of hydrogen-bond donors (Lipinski definition) is 4. The molecule has 0 saturated carbocycles. The standard InChI is InChI=1S/C9H22N2.2C5H9NO/c10-8-6-4-2-1-3-5-7-9-11;2*1-2-3-4-5(6)7/h1-11H2;2*3-4H,2H2,1H3,(H2,6,7). The predicted molar refractivity (Wildman–Crippen MR) is 108 cm³/mol. The zero-order valence-electron chi connectivity index (χ0n) is 16.2. The highest BCUT2D eigenvalue weighted by Crippen LogP contribution is 2.05. The molecule has 0 radical (unpaired) electrons. The normalized spacial score (nSPS) is 10.1. The van der Waals surface area contributed by atoms with Crippen LogP contribution in [0.15, 0.2) is 24.3 Å². The first-order valence-electron chi connectivity index (χ1n) is 9.28. The van der Waals surface area contributed by atoms with Crippen LogP contribution >= 0.6 is 0 Å². The number of carbonyl (C=O) groups is 2. The van der Waals surface area contributed by atoms with E-state index in [1.165, 1.54) is 57.1 Å². The van der Waals surface area contributed by atoms with Gasteiger partial charge < -0.3 is 22.9 Å². The van der Waals surface area contributed by atoms with Gasteiger partial charge in [-0.25, -0.2) is 0 Å². The fraction of sp³-hybridized carbons (Fsp3) is 0.684. The van der Waals surface area contributed by atoms with Gasteiger partial charge in [-0.05, 0) is 50.9 Å². The summed E-state index contributed by atoms with van der Waals surface area (Å²) in [5, 5.41) is 0. The van der Waals surface area contributed by atoms with Crippen molar-refractivity contribution in [2.45, 2.75) is 71.6 Å². The molecule has 0 aliphatic rings. The van der Waals surface area contributed by atoms with E-state index in [2.05, 4.69) is 0 Å². The van der Waals surface area contributed by atoms with Crippen LogP contribution in [0, 0.1) is 0 Å². The van der Waals surface area contributed by atoms with E-state index in [0.717, 1.165) is 25.9 Å². The lowest BCUT2D eigenvalue weighted by molar-refractivity contribution is -0.114. The molecule has 0 unspecified atom stereocenters. The predicted octanol–water partition coefficient (Wildman–Crippen LogP) is 2.51. The van der Waals surface area contributed by atoms with E-state index in [-0.39, 0.29) is 11.8 Å². The Morgan fingerprint density at radius 2 is 0.920 bits per heavy atom. The third-order valence-electron chi connectivity index (χ3n) is 2.94. The Bertz CT molecular complexity index is 310. The van der Waals surface area contributed by atoms with Crippen LogP contribution in [0.2, 0.25) is 0 Å². The van der Waals surface area contributed by atoms with Gasteiger partial charge in [-0.15, -0.1) is 0 Å². The molecule has 0 atom stereocenters. The van der Waals surface area contributed by atoms with Crippen molar-refractivity contribution in [1.82, 2.24) is 0 Å². The SMILES string of the molecule is CCC=CC(N)=O.CCC=CC(N)=O.NCCCCCCCCCN. The second kappa shape index (κ2) is 27.2. The van der Waals surface area contributed by atoms with Crippen molar-refractivity contribution >= 4 is 11.8 Å². The molecule has 0 bridgehead atoms. The number of amides is 2. The van der Waals surface area contributed by atoms with E-state index < -0.39 is 0 Å². The molecule has 0 spiro atoms. The number of primary amides is 2. The maximum atomic E-state index is 9.89. The molecule has 6 heteroatoms. The second-order valence-electron chi connectivity index (χ2n) is 5.48. The minimum absolute atomic E-state index is 0.373. The number of carbonyl (C=O) groups excluding carboxylic acids is 2. The summed E-state index contributed by atoms with van der Waals surface area (Å²) in [7, 11) is 0. The largest absolute Gasteiger partial charge is 0.366 e. The van der Waals surface area contributed by atoms with Gasteiger partial charge in [-0.1, -0.05) is 58.1 Å². The molecule has 0 aromatic rings. The number of allylic oxidation sites excluding steroid dienone is 2. The van der Waals surface area contributed by atoms with Crippen LogP contribution < -0.4 is 22.9 Å². The van der Waals surface area contributed by atoms with Gasteiger partial charge in [0.25, 0.3) is 0 Å². The Labute approximate surface area is 154 Å². The number of nitrogens with two attached hydrogens (primary N) is 4. The van der Waals surface area contributed by atoms with Gasteiger partial charge in [0, 0.05) is 0 Å². The zero-order chi connectivity index (χ0) is 19.8. The molecule has 0 aliphatic carbocycles. The smallest absolute Gasteiger partial charge is 0.241 e. The number of rotatable bonds is 12. The molecule has 0 aromatic heterocycles. The average Bonchev–Trinajstić information content (AvgIpc) is 2.58. The molecule has 0 rings (SSSR count). The van der Waals surface area contributed by atoms with Crippen LogP contribution in [0.3, 0.4) is 0 Å². The van der Waals surface area contributed by atoms with Crippen LogP contribution in [-0.2, 0) is 9.59 Å². The summed E-state index contributed by atoms with van der Waals surface area (Å²) in [5.41, 5.74) is 20.3. The highest BCUT2D eigenvalue weighted by molar-refractivity contribution is 5.85. The molecule has 0 aromatic carbocycles. The Hall–Kier alpha value is -1.66. The maximum absolute atomic E-state index is 9.89. The average molecular weight is 357 g/mol. The third-order valence-corrected chi connectivity index (χ3v) is 2.94. The van der Waals surface area contributed by atoms with Gasteiger partial charge in [-0.3, -0.25) is 9.59 Å². The van der Waals surface area contributed by atoms with E-state index in [1.54, 1.807) is 12.2 Å². The Balaban J connectivity index is -0.000000304. The first-order valence-corrected chi connectivity index (χ1v) is 9.28. The minimum atomic E-state index is -0.373. The quantitative estimate of drug-likeness (QED) is 0.315. The van der Waals surface area contributed by atoms with Crippen molar-refractivity contribution in [3.8, 4) is 0 Å².